The molecule has 2 aromatic rings. The monoisotopic (exact) mass is 418 g/mol. The van der Waals surface area contributed by atoms with Crippen LogP contribution in [0.1, 0.15) is 22.3 Å². The van der Waals surface area contributed by atoms with Crippen molar-refractivity contribution in [3.05, 3.63) is 53.6 Å². The Morgan fingerprint density at radius 1 is 1.21 bits per heavy atom. The van der Waals surface area contributed by atoms with E-state index >= 15 is 0 Å². The number of methoxy groups -OCH3 is 1. The van der Waals surface area contributed by atoms with E-state index in [0.717, 1.165) is 11.8 Å². The lowest BCUT2D eigenvalue weighted by Crippen LogP contribution is -2.36. The fourth-order valence-electron chi connectivity index (χ4n) is 3.07. The van der Waals surface area contributed by atoms with Crippen molar-refractivity contribution < 1.29 is 27.5 Å². The third-order valence-corrected chi connectivity index (χ3v) is 5.79. The van der Waals surface area contributed by atoms with Gasteiger partial charge < -0.3 is 14.8 Å². The third-order valence-electron chi connectivity index (χ3n) is 4.61. The Bertz CT molecular complexity index is 1050. The van der Waals surface area contributed by atoms with Gasteiger partial charge in [0.2, 0.25) is 10.0 Å². The molecule has 2 aromatic carbocycles. The molecule has 1 atom stereocenters. The number of anilines is 2. The molecule has 3 rings (SSSR count). The van der Waals surface area contributed by atoms with E-state index < -0.39 is 28.0 Å². The standard InChI is InChI=1S/C20H22N2O6S/c1-13-8-9-14(20(24)27-2)12-15(13)21-19(23)18-10-11-22(29(3,25)26)16-6-4-5-7-17(16)28-18/h4-9,12,18H,10-11H2,1-3H3,(H,21,23)/t18-/m0/s1. The van der Waals surface area contributed by atoms with Crippen molar-refractivity contribution in [2.75, 3.05) is 29.5 Å². The smallest absolute Gasteiger partial charge is 0.337 e. The Morgan fingerprint density at radius 3 is 2.62 bits per heavy atom. The van der Waals surface area contributed by atoms with Crippen LogP contribution >= 0.6 is 0 Å². The summed E-state index contributed by atoms with van der Waals surface area (Å²) in [5, 5.41) is 2.77. The van der Waals surface area contributed by atoms with E-state index in [2.05, 4.69) is 5.32 Å². The van der Waals surface area contributed by atoms with E-state index in [-0.39, 0.29) is 13.0 Å². The molecule has 8 nitrogen and oxygen atoms in total. The molecule has 0 saturated heterocycles. The number of sulfonamides is 1. The highest BCUT2D eigenvalue weighted by atomic mass is 32.2. The summed E-state index contributed by atoms with van der Waals surface area (Å²) in [6.07, 6.45) is 0.388. The number of carbonyl (C=O) groups is 2. The van der Waals surface area contributed by atoms with Gasteiger partial charge in [0.15, 0.2) is 6.10 Å². The number of benzene rings is 2. The maximum absolute atomic E-state index is 12.9. The number of hydrogen-bond donors (Lipinski definition) is 1. The highest BCUT2D eigenvalue weighted by Gasteiger charge is 2.31. The summed E-state index contributed by atoms with van der Waals surface area (Å²) in [6, 6.07) is 11.5. The number of carbonyl (C=O) groups excluding carboxylic acids is 2. The van der Waals surface area contributed by atoms with E-state index in [0.29, 0.717) is 22.7 Å². The van der Waals surface area contributed by atoms with Crippen LogP contribution in [0.4, 0.5) is 11.4 Å². The second kappa shape index (κ2) is 8.12. The van der Waals surface area contributed by atoms with Gasteiger partial charge >= 0.3 is 5.97 Å². The highest BCUT2D eigenvalue weighted by Crippen LogP contribution is 2.34. The van der Waals surface area contributed by atoms with Gasteiger partial charge in [-0.3, -0.25) is 9.10 Å². The highest BCUT2D eigenvalue weighted by molar-refractivity contribution is 7.92. The zero-order valence-electron chi connectivity index (χ0n) is 16.3. The number of rotatable bonds is 4. The van der Waals surface area contributed by atoms with E-state index in [9.17, 15) is 18.0 Å². The first kappa shape index (κ1) is 20.7. The number of hydrogen-bond acceptors (Lipinski definition) is 6. The molecule has 0 saturated carbocycles. The lowest BCUT2D eigenvalue weighted by atomic mass is 10.1. The SMILES string of the molecule is COC(=O)c1ccc(C)c(NC(=O)[C@@H]2CCN(S(C)(=O)=O)c3ccccc3O2)c1. The third kappa shape index (κ3) is 4.51. The predicted molar refractivity (Wildman–Crippen MR) is 109 cm³/mol. The molecule has 9 heteroatoms. The quantitative estimate of drug-likeness (QED) is 0.765. The molecule has 0 unspecified atom stereocenters. The molecule has 0 fully saturated rings. The Morgan fingerprint density at radius 2 is 1.93 bits per heavy atom. The molecule has 29 heavy (non-hydrogen) atoms. The van der Waals surface area contributed by atoms with Crippen LogP contribution in [0.3, 0.4) is 0 Å². The molecule has 0 radical (unpaired) electrons. The minimum Gasteiger partial charge on any atom is -0.478 e. The van der Waals surface area contributed by atoms with Crippen molar-refractivity contribution in [2.24, 2.45) is 0 Å². The fraction of sp³-hybridized carbons (Fsp3) is 0.300. The van der Waals surface area contributed by atoms with E-state index in [1.165, 1.54) is 17.5 Å². The number of nitrogens with zero attached hydrogens (tertiary/aromatic N) is 1. The summed E-state index contributed by atoms with van der Waals surface area (Å²) in [6.45, 7) is 1.90. The molecule has 1 aliphatic rings. The van der Waals surface area contributed by atoms with Crippen LogP contribution in [-0.2, 0) is 19.6 Å². The molecule has 1 N–H and O–H groups in total. The van der Waals surface area contributed by atoms with Crippen LogP contribution in [0.15, 0.2) is 42.5 Å². The van der Waals surface area contributed by atoms with E-state index in [4.69, 9.17) is 9.47 Å². The largest absolute Gasteiger partial charge is 0.478 e. The van der Waals surface area contributed by atoms with Gasteiger partial charge in [-0.25, -0.2) is 13.2 Å². The van der Waals surface area contributed by atoms with E-state index in [1.54, 1.807) is 43.3 Å². The average molecular weight is 418 g/mol. The molecule has 1 aliphatic heterocycles. The number of fused-ring (bicyclic) bond motifs is 1. The molecule has 1 amide bonds. The zero-order valence-corrected chi connectivity index (χ0v) is 17.2. The fourth-order valence-corrected chi connectivity index (χ4v) is 4.02. The van der Waals surface area contributed by atoms with Gasteiger partial charge in [0.25, 0.3) is 5.91 Å². The van der Waals surface area contributed by atoms with Crippen LogP contribution in [0.25, 0.3) is 0 Å². The van der Waals surface area contributed by atoms with Gasteiger partial charge in [-0.05, 0) is 36.8 Å². The maximum Gasteiger partial charge on any atom is 0.337 e. The van der Waals surface area contributed by atoms with Crippen molar-refractivity contribution in [1.29, 1.82) is 0 Å². The number of aryl methyl sites for hydroxylation is 1. The second-order valence-electron chi connectivity index (χ2n) is 6.71. The Labute approximate surface area is 169 Å². The maximum atomic E-state index is 12.9. The van der Waals surface area contributed by atoms with Crippen LogP contribution in [-0.4, -0.2) is 46.3 Å². The van der Waals surface area contributed by atoms with Gasteiger partial charge in [0.1, 0.15) is 5.75 Å². The molecule has 0 aliphatic carbocycles. The Kier molecular flexibility index (Phi) is 5.78. The summed E-state index contributed by atoms with van der Waals surface area (Å²) >= 11 is 0. The molecular formula is C20H22N2O6S. The Hall–Kier alpha value is -3.07. The first-order valence-corrected chi connectivity index (χ1v) is 10.8. The summed E-state index contributed by atoms with van der Waals surface area (Å²) in [7, 11) is -2.24. The first-order chi connectivity index (χ1) is 13.7. The number of nitrogens with one attached hydrogen (secondary N) is 1. The van der Waals surface area contributed by atoms with Gasteiger partial charge in [-0.15, -0.1) is 0 Å². The lowest BCUT2D eigenvalue weighted by Gasteiger charge is -2.20. The lowest BCUT2D eigenvalue weighted by molar-refractivity contribution is -0.122. The first-order valence-electron chi connectivity index (χ1n) is 8.94. The van der Waals surface area contributed by atoms with Crippen molar-refractivity contribution >= 4 is 33.3 Å². The molecule has 154 valence electrons. The molecule has 0 spiro atoms. The number of para-hydroxylation sites is 2. The minimum atomic E-state index is -3.53. The molecular weight excluding hydrogens is 396 g/mol. The van der Waals surface area contributed by atoms with Gasteiger partial charge in [-0.2, -0.15) is 0 Å². The van der Waals surface area contributed by atoms with Crippen LogP contribution < -0.4 is 14.4 Å². The normalized spacial score (nSPS) is 16.2. The molecule has 0 aromatic heterocycles. The van der Waals surface area contributed by atoms with E-state index in [1.807, 2.05) is 0 Å². The second-order valence-corrected chi connectivity index (χ2v) is 8.62. The summed E-state index contributed by atoms with van der Waals surface area (Å²) in [4.78, 5) is 24.6. The van der Waals surface area contributed by atoms with Crippen LogP contribution in [0.2, 0.25) is 0 Å². The van der Waals surface area contributed by atoms with Gasteiger partial charge in [0.05, 0.1) is 24.6 Å². The average Bonchev–Trinajstić information content (AvgIpc) is 2.88. The Balaban J connectivity index is 1.85. The summed E-state index contributed by atoms with van der Waals surface area (Å²) < 4.78 is 36.1. The van der Waals surface area contributed by atoms with Gasteiger partial charge in [-0.1, -0.05) is 18.2 Å². The number of esters is 1. The minimum absolute atomic E-state index is 0.106. The van der Waals surface area contributed by atoms with Crippen molar-refractivity contribution in [1.82, 2.24) is 0 Å². The van der Waals surface area contributed by atoms with Crippen molar-refractivity contribution in [2.45, 2.75) is 19.4 Å². The van der Waals surface area contributed by atoms with Crippen LogP contribution in [0.5, 0.6) is 5.75 Å². The number of amides is 1. The molecule has 1 heterocycles. The zero-order chi connectivity index (χ0) is 21.2. The van der Waals surface area contributed by atoms with Gasteiger partial charge in [0, 0.05) is 18.7 Å². The van der Waals surface area contributed by atoms with Crippen molar-refractivity contribution in [3.8, 4) is 5.75 Å². The summed E-state index contributed by atoms with van der Waals surface area (Å²) in [5.74, 6) is -0.625. The molecule has 0 bridgehead atoms. The van der Waals surface area contributed by atoms with Crippen LogP contribution in [0, 0.1) is 6.92 Å². The number of ether oxygens (including phenoxy) is 2. The predicted octanol–water partition coefficient (Wildman–Crippen LogP) is 2.34. The van der Waals surface area contributed by atoms with Crippen molar-refractivity contribution in [3.63, 3.8) is 0 Å². The summed E-state index contributed by atoms with van der Waals surface area (Å²) in [5.41, 5.74) is 1.93. The topological polar surface area (TPSA) is 102 Å².